The largest absolute Gasteiger partial charge is 0.361 e. The van der Waals surface area contributed by atoms with Crippen LogP contribution in [0.25, 0.3) is 17.0 Å². The summed E-state index contributed by atoms with van der Waals surface area (Å²) in [6.07, 6.45) is 7.97. The highest BCUT2D eigenvalue weighted by atomic mass is 32.2. The summed E-state index contributed by atoms with van der Waals surface area (Å²) in [5.41, 5.74) is 9.61. The Balaban J connectivity index is 1.35. The van der Waals surface area contributed by atoms with Gasteiger partial charge in [-0.05, 0) is 64.8 Å². The zero-order chi connectivity index (χ0) is 29.7. The van der Waals surface area contributed by atoms with E-state index in [4.69, 9.17) is 5.21 Å². The van der Waals surface area contributed by atoms with Crippen LogP contribution < -0.4 is 10.2 Å². The van der Waals surface area contributed by atoms with Crippen LogP contribution in [0.5, 0.6) is 0 Å². The Labute approximate surface area is 247 Å². The Morgan fingerprint density at radius 2 is 1.83 bits per heavy atom. The van der Waals surface area contributed by atoms with Crippen LogP contribution in [0.1, 0.15) is 45.8 Å². The number of nitrogens with zero attached hydrogens (tertiary/aromatic N) is 2. The number of fused-ring (bicyclic) bond motifs is 2. The predicted molar refractivity (Wildman–Crippen MR) is 165 cm³/mol. The molecular weight excluding hydrogens is 550 g/mol. The lowest BCUT2D eigenvalue weighted by molar-refractivity contribution is -0.124. The van der Waals surface area contributed by atoms with E-state index in [1.165, 1.54) is 42.2 Å². The first kappa shape index (κ1) is 29.7. The van der Waals surface area contributed by atoms with E-state index in [9.17, 15) is 13.2 Å². The number of rotatable bonds is 12. The molecule has 0 fully saturated rings. The highest BCUT2D eigenvalue weighted by Crippen LogP contribution is 2.37. The summed E-state index contributed by atoms with van der Waals surface area (Å²) >= 11 is 0. The molecule has 42 heavy (non-hydrogen) atoms. The number of para-hydroxylation sites is 1. The number of benzene rings is 3. The van der Waals surface area contributed by atoms with Gasteiger partial charge >= 0.3 is 0 Å². The molecule has 0 saturated heterocycles. The molecule has 1 amide bonds. The zero-order valence-corrected chi connectivity index (χ0v) is 24.7. The van der Waals surface area contributed by atoms with Crippen LogP contribution in [0.2, 0.25) is 0 Å². The highest BCUT2D eigenvalue weighted by molar-refractivity contribution is 7.87. The van der Waals surface area contributed by atoms with Gasteiger partial charge in [0.2, 0.25) is 0 Å². The SMILES string of the molecule is CN(C)S(=O)(=O)NCc1ccc(CN(CCc2c[nH]c3ccccc23)C2CCc3cc(C=CC(=O)NO)ccc32)cc1. The molecule has 9 nitrogen and oxygen atoms in total. The molecule has 4 aromatic rings. The summed E-state index contributed by atoms with van der Waals surface area (Å²) < 4.78 is 28.0. The molecule has 0 saturated carbocycles. The number of aromatic amines is 1. The van der Waals surface area contributed by atoms with Crippen molar-refractivity contribution in [2.75, 3.05) is 20.6 Å². The first-order chi connectivity index (χ1) is 20.2. The summed E-state index contributed by atoms with van der Waals surface area (Å²) in [5.74, 6) is -0.557. The maximum absolute atomic E-state index is 12.1. The van der Waals surface area contributed by atoms with E-state index in [0.29, 0.717) is 0 Å². The summed E-state index contributed by atoms with van der Waals surface area (Å²) in [4.78, 5) is 17.4. The van der Waals surface area contributed by atoms with Crippen molar-refractivity contribution < 1.29 is 18.4 Å². The normalized spacial score (nSPS) is 15.2. The molecule has 1 aromatic heterocycles. The first-order valence-corrected chi connectivity index (χ1v) is 15.5. The number of hydrogen-bond donors (Lipinski definition) is 4. The second-order valence-corrected chi connectivity index (χ2v) is 12.8. The summed E-state index contributed by atoms with van der Waals surface area (Å²) in [5, 5.41) is 10.0. The highest BCUT2D eigenvalue weighted by Gasteiger charge is 2.28. The number of carbonyl (C=O) groups excluding carboxylic acids is 1. The van der Waals surface area contributed by atoms with E-state index in [-0.39, 0.29) is 12.6 Å². The van der Waals surface area contributed by atoms with Crippen LogP contribution >= 0.6 is 0 Å². The standard InChI is InChI=1S/C32H37N5O4S/c1-36(2)42(40,41)34-20-24-7-9-25(10-8-24)22-37(18-17-27-21-33-30-6-4-3-5-28(27)30)31-15-13-26-19-23(11-14-29(26)31)12-16-32(38)35-39/h3-12,14,16,19,21,31,33-34,39H,13,15,17-18,20,22H2,1-2H3,(H,35,38). The lowest BCUT2D eigenvalue weighted by Crippen LogP contribution is -2.35. The number of aryl methyl sites for hydroxylation is 1. The van der Waals surface area contributed by atoms with E-state index in [1.807, 2.05) is 24.3 Å². The monoisotopic (exact) mass is 587 g/mol. The number of hydroxylamine groups is 1. The van der Waals surface area contributed by atoms with Crippen LogP contribution in [0, 0.1) is 0 Å². The van der Waals surface area contributed by atoms with E-state index < -0.39 is 16.1 Å². The molecule has 0 bridgehead atoms. The molecule has 1 unspecified atom stereocenters. The third kappa shape index (κ3) is 6.97. The fourth-order valence-corrected chi connectivity index (χ4v) is 6.16. The van der Waals surface area contributed by atoms with Crippen LogP contribution in [0.3, 0.4) is 0 Å². The number of carbonyl (C=O) groups is 1. The topological polar surface area (TPSA) is 118 Å². The fraction of sp³-hybridized carbons (Fsp3) is 0.281. The van der Waals surface area contributed by atoms with Gasteiger partial charge < -0.3 is 4.98 Å². The molecule has 0 aliphatic heterocycles. The summed E-state index contributed by atoms with van der Waals surface area (Å²) in [7, 11) is -0.475. The Morgan fingerprint density at radius 1 is 1.07 bits per heavy atom. The zero-order valence-electron chi connectivity index (χ0n) is 23.9. The first-order valence-electron chi connectivity index (χ1n) is 14.0. The lowest BCUT2D eigenvalue weighted by atomic mass is 10.0. The lowest BCUT2D eigenvalue weighted by Gasteiger charge is -2.30. The minimum Gasteiger partial charge on any atom is -0.361 e. The molecule has 1 atom stereocenters. The second kappa shape index (κ2) is 13.0. The van der Waals surface area contributed by atoms with Crippen molar-refractivity contribution in [1.29, 1.82) is 0 Å². The van der Waals surface area contributed by atoms with Crippen LogP contribution in [-0.2, 0) is 40.9 Å². The van der Waals surface area contributed by atoms with Crippen molar-refractivity contribution in [1.82, 2.24) is 24.4 Å². The molecule has 1 heterocycles. The van der Waals surface area contributed by atoms with Gasteiger partial charge in [-0.1, -0.05) is 60.7 Å². The average Bonchev–Trinajstić information content (AvgIpc) is 3.61. The molecule has 1 aliphatic rings. The Kier molecular flexibility index (Phi) is 9.20. The van der Waals surface area contributed by atoms with E-state index in [1.54, 1.807) is 11.6 Å². The number of aromatic nitrogens is 1. The van der Waals surface area contributed by atoms with Crippen molar-refractivity contribution in [3.63, 3.8) is 0 Å². The number of hydrogen-bond acceptors (Lipinski definition) is 5. The predicted octanol–water partition coefficient (Wildman–Crippen LogP) is 4.31. The van der Waals surface area contributed by atoms with Crippen molar-refractivity contribution in [3.05, 3.63) is 112 Å². The molecule has 10 heteroatoms. The smallest absolute Gasteiger partial charge is 0.279 e. The number of nitrogens with one attached hydrogen (secondary N) is 3. The van der Waals surface area contributed by atoms with Crippen molar-refractivity contribution in [3.8, 4) is 0 Å². The van der Waals surface area contributed by atoms with Gasteiger partial charge in [-0.15, -0.1) is 0 Å². The van der Waals surface area contributed by atoms with Crippen molar-refractivity contribution >= 4 is 33.1 Å². The number of amides is 1. The van der Waals surface area contributed by atoms with Gasteiger partial charge in [-0.2, -0.15) is 17.4 Å². The van der Waals surface area contributed by atoms with E-state index >= 15 is 0 Å². The van der Waals surface area contributed by atoms with E-state index in [0.717, 1.165) is 58.9 Å². The Hall–Kier alpha value is -3.80. The van der Waals surface area contributed by atoms with Crippen LogP contribution in [-0.4, -0.2) is 54.4 Å². The van der Waals surface area contributed by atoms with Crippen LogP contribution in [0.4, 0.5) is 0 Å². The quantitative estimate of drug-likeness (QED) is 0.112. The maximum Gasteiger partial charge on any atom is 0.279 e. The van der Waals surface area contributed by atoms with Gasteiger partial charge in [0.25, 0.3) is 16.1 Å². The Bertz CT molecular complexity index is 1680. The molecule has 0 radical (unpaired) electrons. The van der Waals surface area contributed by atoms with Gasteiger partial charge in [-0.25, -0.2) is 5.48 Å². The molecular formula is C32H37N5O4S. The Morgan fingerprint density at radius 3 is 2.60 bits per heavy atom. The molecule has 4 N–H and O–H groups in total. The molecule has 220 valence electrons. The van der Waals surface area contributed by atoms with Gasteiger partial charge in [0.05, 0.1) is 0 Å². The maximum atomic E-state index is 12.1. The minimum atomic E-state index is -3.48. The number of H-pyrrole nitrogens is 1. The summed E-state index contributed by atoms with van der Waals surface area (Å²) in [6, 6.07) is 23.0. The van der Waals surface area contributed by atoms with Gasteiger partial charge in [0.15, 0.2) is 0 Å². The molecule has 0 spiro atoms. The molecule has 5 rings (SSSR count). The van der Waals surface area contributed by atoms with Crippen molar-refractivity contribution in [2.24, 2.45) is 0 Å². The van der Waals surface area contributed by atoms with Gasteiger partial charge in [0, 0.05) is 62.9 Å². The summed E-state index contributed by atoms with van der Waals surface area (Å²) in [6.45, 7) is 1.86. The van der Waals surface area contributed by atoms with Gasteiger partial charge in [0.1, 0.15) is 0 Å². The molecule has 3 aromatic carbocycles. The van der Waals surface area contributed by atoms with Crippen molar-refractivity contribution in [2.45, 2.75) is 38.4 Å². The van der Waals surface area contributed by atoms with Crippen LogP contribution in [0.15, 0.2) is 79.0 Å². The second-order valence-electron chi connectivity index (χ2n) is 10.8. The average molecular weight is 588 g/mol. The van der Waals surface area contributed by atoms with E-state index in [2.05, 4.69) is 63.3 Å². The minimum absolute atomic E-state index is 0.234. The fourth-order valence-electron chi connectivity index (χ4n) is 5.56. The third-order valence-electron chi connectivity index (χ3n) is 7.88. The van der Waals surface area contributed by atoms with Gasteiger partial charge in [-0.3, -0.25) is 14.9 Å². The third-order valence-corrected chi connectivity index (χ3v) is 9.35. The molecule has 1 aliphatic carbocycles.